The van der Waals surface area contributed by atoms with Gasteiger partial charge in [0.25, 0.3) is 5.91 Å². The summed E-state index contributed by atoms with van der Waals surface area (Å²) in [5.74, 6) is 0.448. The van der Waals surface area contributed by atoms with Gasteiger partial charge in [-0.25, -0.2) is 5.06 Å². The van der Waals surface area contributed by atoms with Gasteiger partial charge in [0.05, 0.1) is 13.2 Å². The Kier molecular flexibility index (Phi) is 2.96. The molecule has 0 N–H and O–H groups in total. The SMILES string of the molecule is CC(C)C(C)(C)C(=O)N1CCCO1. The normalized spacial score (nSPS) is 18.4. The van der Waals surface area contributed by atoms with Gasteiger partial charge in [-0.2, -0.15) is 0 Å². The first kappa shape index (κ1) is 10.5. The summed E-state index contributed by atoms with van der Waals surface area (Å²) in [7, 11) is 0. The smallest absolute Gasteiger partial charge is 0.252 e. The first-order valence-corrected chi connectivity index (χ1v) is 4.91. The first-order chi connectivity index (χ1) is 5.96. The molecule has 1 saturated heterocycles. The van der Waals surface area contributed by atoms with Crippen molar-refractivity contribution in [1.29, 1.82) is 0 Å². The summed E-state index contributed by atoms with van der Waals surface area (Å²) in [6, 6.07) is 0. The Morgan fingerprint density at radius 1 is 1.46 bits per heavy atom. The minimum atomic E-state index is -0.315. The Bertz CT molecular complexity index is 193. The average Bonchev–Trinajstić information content (AvgIpc) is 2.54. The molecule has 13 heavy (non-hydrogen) atoms. The lowest BCUT2D eigenvalue weighted by atomic mass is 9.80. The molecule has 0 bridgehead atoms. The zero-order valence-corrected chi connectivity index (χ0v) is 8.96. The highest BCUT2D eigenvalue weighted by Gasteiger charge is 2.36. The van der Waals surface area contributed by atoms with Gasteiger partial charge >= 0.3 is 0 Å². The molecule has 0 spiro atoms. The second-order valence-electron chi connectivity index (χ2n) is 4.47. The Morgan fingerprint density at radius 3 is 2.46 bits per heavy atom. The summed E-state index contributed by atoms with van der Waals surface area (Å²) in [6.07, 6.45) is 0.958. The van der Waals surface area contributed by atoms with Crippen molar-refractivity contribution in [3.05, 3.63) is 0 Å². The molecule has 3 nitrogen and oxygen atoms in total. The summed E-state index contributed by atoms with van der Waals surface area (Å²) in [5, 5.41) is 1.51. The molecule has 1 heterocycles. The lowest BCUT2D eigenvalue weighted by molar-refractivity contribution is -0.180. The minimum Gasteiger partial charge on any atom is -0.272 e. The number of hydrogen-bond donors (Lipinski definition) is 0. The molecule has 1 aliphatic rings. The Labute approximate surface area is 80.0 Å². The number of carbonyl (C=O) groups excluding carboxylic acids is 1. The largest absolute Gasteiger partial charge is 0.272 e. The lowest BCUT2D eigenvalue weighted by Gasteiger charge is -2.31. The van der Waals surface area contributed by atoms with E-state index in [0.717, 1.165) is 13.0 Å². The third-order valence-corrected chi connectivity index (χ3v) is 2.97. The average molecular weight is 185 g/mol. The fourth-order valence-electron chi connectivity index (χ4n) is 1.18. The molecule has 1 rings (SSSR count). The van der Waals surface area contributed by atoms with Crippen LogP contribution in [-0.4, -0.2) is 24.1 Å². The molecule has 76 valence electrons. The van der Waals surface area contributed by atoms with Crippen molar-refractivity contribution in [3.63, 3.8) is 0 Å². The van der Waals surface area contributed by atoms with Crippen LogP contribution >= 0.6 is 0 Å². The van der Waals surface area contributed by atoms with Gasteiger partial charge in [0.15, 0.2) is 0 Å². The maximum absolute atomic E-state index is 11.9. The van der Waals surface area contributed by atoms with Gasteiger partial charge < -0.3 is 0 Å². The van der Waals surface area contributed by atoms with Crippen molar-refractivity contribution < 1.29 is 9.63 Å². The summed E-state index contributed by atoms with van der Waals surface area (Å²) in [4.78, 5) is 17.1. The fraction of sp³-hybridized carbons (Fsp3) is 0.900. The number of hydroxylamine groups is 2. The van der Waals surface area contributed by atoms with Crippen LogP contribution in [0.1, 0.15) is 34.1 Å². The van der Waals surface area contributed by atoms with Gasteiger partial charge in [-0.05, 0) is 12.3 Å². The van der Waals surface area contributed by atoms with Crippen LogP contribution in [0.5, 0.6) is 0 Å². The molecule has 1 fully saturated rings. The highest BCUT2D eigenvalue weighted by atomic mass is 16.7. The van der Waals surface area contributed by atoms with Gasteiger partial charge in [-0.15, -0.1) is 0 Å². The topological polar surface area (TPSA) is 29.5 Å². The monoisotopic (exact) mass is 185 g/mol. The number of nitrogens with zero attached hydrogens (tertiary/aromatic N) is 1. The maximum Gasteiger partial charge on any atom is 0.252 e. The second-order valence-corrected chi connectivity index (χ2v) is 4.47. The van der Waals surface area contributed by atoms with E-state index in [0.29, 0.717) is 12.5 Å². The summed E-state index contributed by atoms with van der Waals surface area (Å²) in [5.41, 5.74) is -0.315. The molecule has 0 atom stereocenters. The van der Waals surface area contributed by atoms with E-state index in [1.807, 2.05) is 13.8 Å². The van der Waals surface area contributed by atoms with Crippen molar-refractivity contribution in [2.45, 2.75) is 34.1 Å². The highest BCUT2D eigenvalue weighted by Crippen LogP contribution is 2.29. The van der Waals surface area contributed by atoms with E-state index in [-0.39, 0.29) is 11.3 Å². The molecular weight excluding hydrogens is 166 g/mol. The van der Waals surface area contributed by atoms with Gasteiger partial charge in [0.1, 0.15) is 0 Å². The van der Waals surface area contributed by atoms with Crippen LogP contribution in [0, 0.1) is 11.3 Å². The first-order valence-electron chi connectivity index (χ1n) is 4.91. The third-order valence-electron chi connectivity index (χ3n) is 2.97. The standard InChI is InChI=1S/C10H19NO2/c1-8(2)10(3,4)9(12)11-6-5-7-13-11/h8H,5-7H2,1-4H3. The maximum atomic E-state index is 11.9. The minimum absolute atomic E-state index is 0.111. The van der Waals surface area contributed by atoms with Crippen LogP contribution in [0.2, 0.25) is 0 Å². The zero-order chi connectivity index (χ0) is 10.1. The predicted molar refractivity (Wildman–Crippen MR) is 50.9 cm³/mol. The van der Waals surface area contributed by atoms with E-state index in [1.54, 1.807) is 0 Å². The summed E-state index contributed by atoms with van der Waals surface area (Å²) < 4.78 is 0. The molecule has 1 amide bonds. The number of carbonyl (C=O) groups is 1. The molecule has 0 aromatic heterocycles. The van der Waals surface area contributed by atoms with E-state index >= 15 is 0 Å². The Balaban J connectivity index is 2.64. The molecule has 0 unspecified atom stereocenters. The number of amides is 1. The zero-order valence-electron chi connectivity index (χ0n) is 8.96. The lowest BCUT2D eigenvalue weighted by Crippen LogP contribution is -2.41. The van der Waals surface area contributed by atoms with Gasteiger partial charge in [0.2, 0.25) is 0 Å². The number of hydrogen-bond acceptors (Lipinski definition) is 2. The van der Waals surface area contributed by atoms with Crippen molar-refractivity contribution in [2.24, 2.45) is 11.3 Å². The van der Waals surface area contributed by atoms with E-state index in [4.69, 9.17) is 4.84 Å². The summed E-state index contributed by atoms with van der Waals surface area (Å²) in [6.45, 7) is 9.50. The molecule has 0 aromatic carbocycles. The molecule has 0 radical (unpaired) electrons. The van der Waals surface area contributed by atoms with Gasteiger partial charge in [0, 0.05) is 5.41 Å². The van der Waals surface area contributed by atoms with Crippen LogP contribution in [0.15, 0.2) is 0 Å². The van der Waals surface area contributed by atoms with Crippen LogP contribution in [0.3, 0.4) is 0 Å². The molecule has 0 aliphatic carbocycles. The van der Waals surface area contributed by atoms with Gasteiger partial charge in [-0.1, -0.05) is 27.7 Å². The van der Waals surface area contributed by atoms with Crippen LogP contribution < -0.4 is 0 Å². The van der Waals surface area contributed by atoms with Crippen molar-refractivity contribution in [3.8, 4) is 0 Å². The predicted octanol–water partition coefficient (Wildman–Crippen LogP) is 1.83. The molecule has 3 heteroatoms. The third kappa shape index (κ3) is 2.02. The Morgan fingerprint density at radius 2 is 2.08 bits per heavy atom. The van der Waals surface area contributed by atoms with Crippen molar-refractivity contribution in [1.82, 2.24) is 5.06 Å². The van der Waals surface area contributed by atoms with E-state index in [1.165, 1.54) is 5.06 Å². The van der Waals surface area contributed by atoms with Crippen LogP contribution in [-0.2, 0) is 9.63 Å². The highest BCUT2D eigenvalue weighted by molar-refractivity contribution is 5.81. The van der Waals surface area contributed by atoms with E-state index in [2.05, 4.69) is 13.8 Å². The van der Waals surface area contributed by atoms with Crippen LogP contribution in [0.25, 0.3) is 0 Å². The molecule has 0 saturated carbocycles. The molecule has 1 aliphatic heterocycles. The fourth-order valence-corrected chi connectivity index (χ4v) is 1.18. The Hall–Kier alpha value is -0.570. The quantitative estimate of drug-likeness (QED) is 0.657. The van der Waals surface area contributed by atoms with Crippen LogP contribution in [0.4, 0.5) is 0 Å². The number of rotatable bonds is 2. The van der Waals surface area contributed by atoms with Crippen molar-refractivity contribution in [2.75, 3.05) is 13.2 Å². The molecule has 0 aromatic rings. The summed E-state index contributed by atoms with van der Waals surface area (Å²) >= 11 is 0. The van der Waals surface area contributed by atoms with Gasteiger partial charge in [-0.3, -0.25) is 9.63 Å². The second kappa shape index (κ2) is 3.66. The molecular formula is C10H19NO2. The van der Waals surface area contributed by atoms with Crippen molar-refractivity contribution >= 4 is 5.91 Å². The van der Waals surface area contributed by atoms with E-state index in [9.17, 15) is 4.79 Å². The van der Waals surface area contributed by atoms with E-state index < -0.39 is 0 Å².